The highest BCUT2D eigenvalue weighted by molar-refractivity contribution is 9.10. The van der Waals surface area contributed by atoms with Crippen LogP contribution in [0.3, 0.4) is 0 Å². The minimum atomic E-state index is -1.07. The fourth-order valence-electron chi connectivity index (χ4n) is 1.27. The number of rotatable bonds is 2. The summed E-state index contributed by atoms with van der Waals surface area (Å²) in [6.07, 6.45) is 0. The van der Waals surface area contributed by atoms with E-state index in [-0.39, 0.29) is 5.69 Å². The van der Waals surface area contributed by atoms with Gasteiger partial charge < -0.3 is 5.11 Å². The summed E-state index contributed by atoms with van der Waals surface area (Å²) in [5.74, 6) is -1.07. The lowest BCUT2D eigenvalue weighted by molar-refractivity contribution is 0.0689. The molecule has 1 N–H and O–H groups in total. The fourth-order valence-corrected chi connectivity index (χ4v) is 1.53. The number of benzene rings is 1. The van der Waals surface area contributed by atoms with Crippen LogP contribution in [0.1, 0.15) is 16.2 Å². The Hall–Kier alpha value is -1.69. The summed E-state index contributed by atoms with van der Waals surface area (Å²) >= 11 is 3.32. The SMILES string of the molecule is Cc1nn(-c2ccc(Br)cc2)nc1C(=O)O. The second-order valence-corrected chi connectivity index (χ2v) is 4.12. The molecule has 0 aliphatic rings. The standard InChI is InChI=1S/C10H8BrN3O2/c1-6-9(10(15)16)13-14(12-6)8-4-2-7(11)3-5-8/h2-5H,1H3,(H,15,16). The number of nitrogens with zero attached hydrogens (tertiary/aromatic N) is 3. The number of carboxylic acid groups (broad SMARTS) is 1. The van der Waals surface area contributed by atoms with Gasteiger partial charge in [0, 0.05) is 4.47 Å². The van der Waals surface area contributed by atoms with Crippen molar-refractivity contribution in [2.75, 3.05) is 0 Å². The fraction of sp³-hybridized carbons (Fsp3) is 0.100. The van der Waals surface area contributed by atoms with Crippen molar-refractivity contribution in [2.45, 2.75) is 6.92 Å². The van der Waals surface area contributed by atoms with Crippen molar-refractivity contribution < 1.29 is 9.90 Å². The molecule has 16 heavy (non-hydrogen) atoms. The Bertz CT molecular complexity index is 533. The van der Waals surface area contributed by atoms with Crippen molar-refractivity contribution in [3.63, 3.8) is 0 Å². The van der Waals surface area contributed by atoms with Crippen molar-refractivity contribution >= 4 is 21.9 Å². The maximum Gasteiger partial charge on any atom is 0.358 e. The van der Waals surface area contributed by atoms with Gasteiger partial charge in [-0.25, -0.2) is 4.79 Å². The largest absolute Gasteiger partial charge is 0.476 e. The Morgan fingerprint density at radius 2 is 1.94 bits per heavy atom. The molecule has 5 nitrogen and oxygen atoms in total. The average molecular weight is 282 g/mol. The highest BCUT2D eigenvalue weighted by Crippen LogP contribution is 2.13. The van der Waals surface area contributed by atoms with Gasteiger partial charge in [-0.05, 0) is 31.2 Å². The van der Waals surface area contributed by atoms with Crippen molar-refractivity contribution in [2.24, 2.45) is 0 Å². The Morgan fingerprint density at radius 3 is 2.44 bits per heavy atom. The molecule has 2 aromatic rings. The number of aryl methyl sites for hydroxylation is 1. The van der Waals surface area contributed by atoms with E-state index >= 15 is 0 Å². The molecule has 0 atom stereocenters. The molecule has 1 aromatic carbocycles. The first-order chi connectivity index (χ1) is 7.58. The molecule has 0 radical (unpaired) electrons. The summed E-state index contributed by atoms with van der Waals surface area (Å²) in [4.78, 5) is 12.1. The smallest absolute Gasteiger partial charge is 0.358 e. The van der Waals surface area contributed by atoms with Gasteiger partial charge in [0.15, 0.2) is 5.69 Å². The summed E-state index contributed by atoms with van der Waals surface area (Å²) in [7, 11) is 0. The lowest BCUT2D eigenvalue weighted by atomic mass is 10.3. The van der Waals surface area contributed by atoms with Crippen molar-refractivity contribution in [1.29, 1.82) is 0 Å². The van der Waals surface area contributed by atoms with Gasteiger partial charge >= 0.3 is 5.97 Å². The topological polar surface area (TPSA) is 68.0 Å². The Balaban J connectivity index is 2.45. The molecule has 1 aromatic heterocycles. The van der Waals surface area contributed by atoms with Gasteiger partial charge in [-0.3, -0.25) is 0 Å². The minimum Gasteiger partial charge on any atom is -0.476 e. The monoisotopic (exact) mass is 281 g/mol. The molecule has 0 unspecified atom stereocenters. The van der Waals surface area contributed by atoms with E-state index in [0.29, 0.717) is 5.69 Å². The molecule has 82 valence electrons. The lowest BCUT2D eigenvalue weighted by Gasteiger charge is -1.98. The number of aromatic nitrogens is 3. The quantitative estimate of drug-likeness (QED) is 0.915. The average Bonchev–Trinajstić information content (AvgIpc) is 2.61. The normalized spacial score (nSPS) is 10.4. The van der Waals surface area contributed by atoms with Gasteiger partial charge in [0.1, 0.15) is 0 Å². The van der Waals surface area contributed by atoms with Crippen LogP contribution in [0.4, 0.5) is 0 Å². The van der Waals surface area contributed by atoms with Crippen LogP contribution in [-0.2, 0) is 0 Å². The zero-order valence-electron chi connectivity index (χ0n) is 8.38. The molecule has 1 heterocycles. The number of carboxylic acids is 1. The third-order valence-electron chi connectivity index (χ3n) is 2.04. The summed E-state index contributed by atoms with van der Waals surface area (Å²) in [5.41, 5.74) is 1.09. The molecule has 6 heteroatoms. The molecular weight excluding hydrogens is 274 g/mol. The van der Waals surface area contributed by atoms with Crippen molar-refractivity contribution in [3.05, 3.63) is 40.1 Å². The number of hydrogen-bond donors (Lipinski definition) is 1. The van der Waals surface area contributed by atoms with E-state index in [1.54, 1.807) is 19.1 Å². The number of aromatic carboxylic acids is 1. The van der Waals surface area contributed by atoms with E-state index < -0.39 is 5.97 Å². The van der Waals surface area contributed by atoms with Crippen LogP contribution in [-0.4, -0.2) is 26.1 Å². The highest BCUT2D eigenvalue weighted by Gasteiger charge is 2.14. The van der Waals surface area contributed by atoms with E-state index in [9.17, 15) is 4.79 Å². The van der Waals surface area contributed by atoms with Gasteiger partial charge in [0.05, 0.1) is 11.4 Å². The maximum atomic E-state index is 10.8. The molecule has 0 aliphatic carbocycles. The van der Waals surface area contributed by atoms with Crippen LogP contribution in [0, 0.1) is 6.92 Å². The predicted octanol–water partition coefficient (Wildman–Crippen LogP) is 2.04. The molecule has 0 aliphatic heterocycles. The van der Waals surface area contributed by atoms with E-state index in [4.69, 9.17) is 5.11 Å². The van der Waals surface area contributed by atoms with E-state index in [1.807, 2.05) is 12.1 Å². The van der Waals surface area contributed by atoms with Gasteiger partial charge in [-0.1, -0.05) is 15.9 Å². The molecule has 0 bridgehead atoms. The van der Waals surface area contributed by atoms with Crippen LogP contribution >= 0.6 is 15.9 Å². The summed E-state index contributed by atoms with van der Waals surface area (Å²) in [5, 5.41) is 16.8. The highest BCUT2D eigenvalue weighted by atomic mass is 79.9. The number of carbonyl (C=O) groups is 1. The van der Waals surface area contributed by atoms with E-state index in [1.165, 1.54) is 4.80 Å². The molecule has 0 saturated carbocycles. The number of hydrogen-bond acceptors (Lipinski definition) is 3. The van der Waals surface area contributed by atoms with Crippen molar-refractivity contribution in [1.82, 2.24) is 15.0 Å². The molecule has 0 saturated heterocycles. The molecule has 0 fully saturated rings. The first kappa shape index (κ1) is 10.8. The van der Waals surface area contributed by atoms with Gasteiger partial charge in [0.25, 0.3) is 0 Å². The molecule has 2 rings (SSSR count). The van der Waals surface area contributed by atoms with Crippen LogP contribution in [0.2, 0.25) is 0 Å². The Morgan fingerprint density at radius 1 is 1.31 bits per heavy atom. The van der Waals surface area contributed by atoms with Crippen LogP contribution < -0.4 is 0 Å². The van der Waals surface area contributed by atoms with Crippen LogP contribution in [0.25, 0.3) is 5.69 Å². The zero-order valence-corrected chi connectivity index (χ0v) is 9.97. The minimum absolute atomic E-state index is 0.0251. The lowest BCUT2D eigenvalue weighted by Crippen LogP contribution is -2.02. The molecular formula is C10H8BrN3O2. The first-order valence-corrected chi connectivity index (χ1v) is 5.30. The summed E-state index contributed by atoms with van der Waals surface area (Å²) in [6, 6.07) is 7.28. The van der Waals surface area contributed by atoms with Crippen LogP contribution in [0.15, 0.2) is 28.7 Å². The van der Waals surface area contributed by atoms with Crippen molar-refractivity contribution in [3.8, 4) is 5.69 Å². The number of halogens is 1. The molecule has 0 amide bonds. The first-order valence-electron chi connectivity index (χ1n) is 4.51. The van der Waals surface area contributed by atoms with E-state index in [2.05, 4.69) is 26.1 Å². The second kappa shape index (κ2) is 4.05. The van der Waals surface area contributed by atoms with E-state index in [0.717, 1.165) is 10.2 Å². The summed E-state index contributed by atoms with van der Waals surface area (Å²) < 4.78 is 0.943. The third kappa shape index (κ3) is 1.96. The predicted molar refractivity (Wildman–Crippen MR) is 60.8 cm³/mol. The van der Waals surface area contributed by atoms with Gasteiger partial charge in [-0.2, -0.15) is 9.90 Å². The Kier molecular flexibility index (Phi) is 2.74. The van der Waals surface area contributed by atoms with Gasteiger partial charge in [0.2, 0.25) is 0 Å². The van der Waals surface area contributed by atoms with Crippen LogP contribution in [0.5, 0.6) is 0 Å². The summed E-state index contributed by atoms with van der Waals surface area (Å²) in [6.45, 7) is 1.62. The Labute approximate surface area is 99.8 Å². The maximum absolute atomic E-state index is 10.8. The molecule has 0 spiro atoms. The second-order valence-electron chi connectivity index (χ2n) is 3.21. The van der Waals surface area contributed by atoms with Gasteiger partial charge in [-0.15, -0.1) is 5.10 Å². The third-order valence-corrected chi connectivity index (χ3v) is 2.57. The zero-order chi connectivity index (χ0) is 11.7.